The van der Waals surface area contributed by atoms with Crippen LogP contribution in [-0.2, 0) is 27.0 Å². The number of hydrogen-bond acceptors (Lipinski definition) is 10. The van der Waals surface area contributed by atoms with Crippen molar-refractivity contribution in [3.63, 3.8) is 0 Å². The molecule has 15 nitrogen and oxygen atoms in total. The first kappa shape index (κ1) is 50.4. The maximum absolute atomic E-state index is 16.5. The lowest BCUT2D eigenvalue weighted by atomic mass is 9.77. The van der Waals surface area contributed by atoms with Crippen LogP contribution >= 0.6 is 11.6 Å². The summed E-state index contributed by atoms with van der Waals surface area (Å²) in [5.74, 6) is -3.72. The molecule has 1 aliphatic carbocycles. The number of nitrogens with one attached hydrogen (secondary N) is 2. The van der Waals surface area contributed by atoms with Crippen molar-refractivity contribution in [3.05, 3.63) is 116 Å². The predicted molar refractivity (Wildman–Crippen MR) is 271 cm³/mol. The molecule has 386 valence electrons. The number of hydrogen-bond donors (Lipinski definition) is 4. The summed E-state index contributed by atoms with van der Waals surface area (Å²) < 4.78 is 47.7. The van der Waals surface area contributed by atoms with Gasteiger partial charge in [-0.2, -0.15) is 0 Å². The van der Waals surface area contributed by atoms with E-state index in [1.54, 1.807) is 11.6 Å². The number of imide groups is 1. The summed E-state index contributed by atoms with van der Waals surface area (Å²) in [6.45, 7) is 4.95. The molecule has 4 aromatic carbocycles. The number of nitrogens with zero attached hydrogens (tertiary/aromatic N) is 4. The lowest BCUT2D eigenvalue weighted by Gasteiger charge is -2.43. The molecule has 3 saturated heterocycles. The summed E-state index contributed by atoms with van der Waals surface area (Å²) in [4.78, 5) is 69.3. The van der Waals surface area contributed by atoms with E-state index < -0.39 is 46.0 Å². The maximum Gasteiger partial charge on any atom is 0.329 e. The van der Waals surface area contributed by atoms with Crippen molar-refractivity contribution in [2.45, 2.75) is 107 Å². The van der Waals surface area contributed by atoms with E-state index in [1.165, 1.54) is 28.3 Å². The van der Waals surface area contributed by atoms with E-state index in [9.17, 15) is 29.1 Å². The van der Waals surface area contributed by atoms with Gasteiger partial charge in [-0.05, 0) is 112 Å². The lowest BCUT2D eigenvalue weighted by Crippen LogP contribution is -2.51. The highest BCUT2D eigenvalue weighted by Gasteiger charge is 2.50. The number of fused-ring (bicyclic) bond motifs is 2. The van der Waals surface area contributed by atoms with Crippen LogP contribution in [0.2, 0.25) is 5.02 Å². The van der Waals surface area contributed by atoms with E-state index in [4.69, 9.17) is 26.8 Å². The number of aliphatic hydroxyl groups is 1. The Morgan fingerprint density at radius 1 is 0.904 bits per heavy atom. The number of piperidine rings is 3. The van der Waals surface area contributed by atoms with Crippen LogP contribution in [0.3, 0.4) is 0 Å². The van der Waals surface area contributed by atoms with E-state index in [0.717, 1.165) is 88.6 Å². The fourth-order valence-corrected chi connectivity index (χ4v) is 12.8. The summed E-state index contributed by atoms with van der Waals surface area (Å²) in [6.07, 6.45) is 7.30. The molecular formula is C55H62ClF2N7O8. The molecule has 18 heteroatoms. The van der Waals surface area contributed by atoms with Crippen molar-refractivity contribution in [2.75, 3.05) is 45.9 Å². The Labute approximate surface area is 426 Å². The number of benzene rings is 4. The largest absolute Gasteiger partial charge is 0.488 e. The number of rotatable bonds is 13. The second-order valence-electron chi connectivity index (χ2n) is 20.5. The van der Waals surface area contributed by atoms with Crippen LogP contribution in [0.15, 0.2) is 71.5 Å². The Morgan fingerprint density at radius 3 is 2.32 bits per heavy atom. The minimum atomic E-state index is -1.11. The van der Waals surface area contributed by atoms with Crippen LogP contribution in [0.5, 0.6) is 11.5 Å². The summed E-state index contributed by atoms with van der Waals surface area (Å²) in [5.41, 5.74) is 7.65. The number of aryl methyl sites for hydroxylation is 1. The number of carbonyl (C=O) groups excluding carboxylic acids is 4. The molecule has 5 aromatic rings. The first-order valence-corrected chi connectivity index (χ1v) is 26.0. The summed E-state index contributed by atoms with van der Waals surface area (Å²) in [5, 5.41) is 15.1. The van der Waals surface area contributed by atoms with E-state index in [2.05, 4.69) is 32.6 Å². The van der Waals surface area contributed by atoms with Crippen molar-refractivity contribution in [2.24, 2.45) is 18.7 Å². The molecule has 1 saturated carbocycles. The molecule has 0 bridgehead atoms. The average Bonchev–Trinajstić information content (AvgIpc) is 3.82. The number of ether oxygens (including phenoxy) is 2. The van der Waals surface area contributed by atoms with Gasteiger partial charge in [0.1, 0.15) is 24.2 Å². The zero-order chi connectivity index (χ0) is 51.3. The van der Waals surface area contributed by atoms with E-state index >= 15 is 8.78 Å². The summed E-state index contributed by atoms with van der Waals surface area (Å²) in [6, 6.07) is 19.1. The van der Waals surface area contributed by atoms with Gasteiger partial charge >= 0.3 is 5.69 Å². The number of carbonyl (C=O) groups is 4. The number of primary amides is 1. The Kier molecular flexibility index (Phi) is 14.2. The molecule has 4 fully saturated rings. The lowest BCUT2D eigenvalue weighted by molar-refractivity contribution is -0.138. The third-order valence-corrected chi connectivity index (χ3v) is 16.9. The number of nitrogens with two attached hydrogens (primary N) is 1. The van der Waals surface area contributed by atoms with Gasteiger partial charge in [-0.25, -0.2) is 13.6 Å². The molecule has 73 heavy (non-hydrogen) atoms. The predicted octanol–water partition coefficient (Wildman–Crippen LogP) is 6.80. The van der Waals surface area contributed by atoms with E-state index in [1.807, 2.05) is 43.3 Å². The molecule has 0 spiro atoms. The normalized spacial score (nSPS) is 24.1. The molecule has 4 aliphatic heterocycles. The quantitative estimate of drug-likeness (QED) is 0.0914. The molecule has 3 atom stereocenters. The molecule has 4 amide bonds. The number of likely N-dealkylation sites (tertiary alicyclic amines) is 2. The smallest absolute Gasteiger partial charge is 0.329 e. The first-order chi connectivity index (χ1) is 35.2. The summed E-state index contributed by atoms with van der Waals surface area (Å²) in [7, 11) is 1.73. The van der Waals surface area contributed by atoms with Gasteiger partial charge in [-0.15, -0.1) is 0 Å². The third kappa shape index (κ3) is 9.31. The SMILES string of the molecule is CC1c2c(cc(F)c(Cl)c2-c2c(C(N)=O)ccc(OCCO)c2F)OC1(CNC1CCC(C(=O)N2CCC(N3CCC(c4ccc5c(c4)n(C)c(=O)n5C4CCC(=O)NC4=O)CC3)CC2)CC1)c1ccccc1. The van der Waals surface area contributed by atoms with Gasteiger partial charge in [0.2, 0.25) is 23.6 Å². The standard InChI is InChI=1S/C55H62ClF2N7O8/c1-31-46-44(29-39(57)49(56)48(46)47-38(51(59)68)13-16-43(50(47)58)72-27-26-66)73-55(31,35-6-4-3-5-7-35)30-60-36-11-8-33(9-12-36)53(70)64-24-20-37(21-25-64)63-22-18-32(19-23-63)34-10-14-40-42(28-34)62(2)54(71)65(40)41-15-17-45(67)61-52(41)69/h3-7,10,13-14,16,28-29,31-33,36-37,41,60,66H,8-9,11-12,15,17-27,30H2,1-2H3,(H2,59,68)(H,61,67,69). The van der Waals surface area contributed by atoms with E-state index in [0.29, 0.717) is 36.0 Å². The van der Waals surface area contributed by atoms with Gasteiger partial charge < -0.3 is 35.4 Å². The number of halogens is 3. The number of imidazole rings is 1. The molecule has 0 radical (unpaired) electrons. The van der Waals surface area contributed by atoms with Crippen LogP contribution in [0.4, 0.5) is 8.78 Å². The highest BCUT2D eigenvalue weighted by Crippen LogP contribution is 2.56. The van der Waals surface area contributed by atoms with Gasteiger partial charge in [0.25, 0.3) is 0 Å². The molecule has 5 N–H and O–H groups in total. The fraction of sp³-hybridized carbons (Fsp3) is 0.473. The fourth-order valence-electron chi connectivity index (χ4n) is 12.5. The highest BCUT2D eigenvalue weighted by atomic mass is 35.5. The molecular weight excluding hydrogens is 960 g/mol. The minimum Gasteiger partial charge on any atom is -0.488 e. The Hall–Kier alpha value is -6.14. The van der Waals surface area contributed by atoms with Crippen LogP contribution in [0.25, 0.3) is 22.2 Å². The second kappa shape index (κ2) is 20.6. The summed E-state index contributed by atoms with van der Waals surface area (Å²) >= 11 is 6.73. The topological polar surface area (TPSA) is 190 Å². The van der Waals surface area contributed by atoms with Crippen LogP contribution in [0, 0.1) is 17.6 Å². The van der Waals surface area contributed by atoms with Gasteiger partial charge in [0.15, 0.2) is 17.2 Å². The number of aromatic nitrogens is 2. The van der Waals surface area contributed by atoms with Crippen LogP contribution < -0.4 is 31.5 Å². The molecule has 5 aliphatic rings. The van der Waals surface area contributed by atoms with Crippen LogP contribution in [0.1, 0.15) is 116 Å². The van der Waals surface area contributed by atoms with Crippen molar-refractivity contribution in [1.29, 1.82) is 0 Å². The zero-order valence-electron chi connectivity index (χ0n) is 41.1. The van der Waals surface area contributed by atoms with Gasteiger partial charge in [-0.1, -0.05) is 54.9 Å². The van der Waals surface area contributed by atoms with Crippen molar-refractivity contribution >= 4 is 46.3 Å². The number of aliphatic hydroxyl groups excluding tert-OH is 1. The Balaban J connectivity index is 0.752. The maximum atomic E-state index is 16.5. The Bertz CT molecular complexity index is 3020. The number of amides is 4. The second-order valence-corrected chi connectivity index (χ2v) is 20.9. The van der Waals surface area contributed by atoms with Gasteiger partial charge in [-0.3, -0.25) is 33.6 Å². The minimum absolute atomic E-state index is 0.0567. The third-order valence-electron chi connectivity index (χ3n) is 16.5. The molecule has 3 unspecified atom stereocenters. The monoisotopic (exact) mass is 1020 g/mol. The average molecular weight is 1020 g/mol. The van der Waals surface area contributed by atoms with E-state index in [-0.39, 0.29) is 77.3 Å². The molecule has 10 rings (SSSR count). The van der Waals surface area contributed by atoms with Crippen LogP contribution in [-0.4, -0.2) is 106 Å². The van der Waals surface area contributed by atoms with Crippen molar-refractivity contribution in [1.82, 2.24) is 29.6 Å². The van der Waals surface area contributed by atoms with Crippen molar-refractivity contribution in [3.8, 4) is 22.6 Å². The highest BCUT2D eigenvalue weighted by molar-refractivity contribution is 6.34. The molecule has 5 heterocycles. The van der Waals surface area contributed by atoms with Gasteiger partial charge in [0, 0.05) is 79.8 Å². The zero-order valence-corrected chi connectivity index (χ0v) is 41.9. The van der Waals surface area contributed by atoms with Gasteiger partial charge in [0.05, 0.1) is 28.2 Å². The molecule has 1 aromatic heterocycles. The van der Waals surface area contributed by atoms with Crippen molar-refractivity contribution < 1.29 is 42.5 Å². The first-order valence-electron chi connectivity index (χ1n) is 25.6. The Morgan fingerprint density at radius 2 is 1.63 bits per heavy atom.